The van der Waals surface area contributed by atoms with Crippen molar-refractivity contribution in [3.8, 4) is 0 Å². The van der Waals surface area contributed by atoms with Crippen LogP contribution >= 0.6 is 0 Å². The molecule has 2 fully saturated rings. The highest BCUT2D eigenvalue weighted by Crippen LogP contribution is 2.52. The lowest BCUT2D eigenvalue weighted by atomic mass is 10.2. The van der Waals surface area contributed by atoms with E-state index in [4.69, 9.17) is 0 Å². The lowest BCUT2D eigenvalue weighted by molar-refractivity contribution is -0.137. The van der Waals surface area contributed by atoms with E-state index in [0.717, 1.165) is 25.9 Å². The fourth-order valence-corrected chi connectivity index (χ4v) is 4.04. The molecular formula is C18H27F3N4O. The van der Waals surface area contributed by atoms with Crippen LogP contribution < -0.4 is 0 Å². The van der Waals surface area contributed by atoms with E-state index in [1.807, 2.05) is 16.8 Å². The first-order chi connectivity index (χ1) is 12.3. The first-order valence-corrected chi connectivity index (χ1v) is 9.35. The number of aromatic nitrogens is 2. The number of hydrogen-bond acceptors (Lipinski definition) is 3. The van der Waals surface area contributed by atoms with Gasteiger partial charge in [-0.2, -0.15) is 13.2 Å². The molecule has 1 aliphatic heterocycles. The maximum atomic E-state index is 12.7. The zero-order chi connectivity index (χ0) is 18.9. The number of halogens is 3. The van der Waals surface area contributed by atoms with E-state index in [9.17, 15) is 18.0 Å². The number of piperidine rings is 1. The van der Waals surface area contributed by atoms with Crippen molar-refractivity contribution >= 4 is 5.91 Å². The van der Waals surface area contributed by atoms with Crippen molar-refractivity contribution in [2.75, 3.05) is 32.7 Å². The summed E-state index contributed by atoms with van der Waals surface area (Å²) < 4.78 is 38.8. The van der Waals surface area contributed by atoms with Gasteiger partial charge in [0.15, 0.2) is 0 Å². The zero-order valence-electron chi connectivity index (χ0n) is 15.4. The molecule has 0 radical (unpaired) electrons. The normalized spacial score (nSPS) is 25.3. The molecule has 2 atom stereocenters. The summed E-state index contributed by atoms with van der Waals surface area (Å²) in [6, 6.07) is 0. The van der Waals surface area contributed by atoms with Crippen molar-refractivity contribution in [3.05, 3.63) is 18.2 Å². The quantitative estimate of drug-likeness (QED) is 0.705. The monoisotopic (exact) mass is 372 g/mol. The van der Waals surface area contributed by atoms with E-state index in [1.165, 1.54) is 0 Å². The number of likely N-dealkylation sites (tertiary alicyclic amines) is 1. The van der Waals surface area contributed by atoms with E-state index >= 15 is 0 Å². The van der Waals surface area contributed by atoms with E-state index in [1.54, 1.807) is 17.1 Å². The average molecular weight is 372 g/mol. The fraction of sp³-hybridized carbons (Fsp3) is 0.778. The summed E-state index contributed by atoms with van der Waals surface area (Å²) in [6.45, 7) is 5.04. The van der Waals surface area contributed by atoms with Crippen molar-refractivity contribution in [1.29, 1.82) is 0 Å². The van der Waals surface area contributed by atoms with Crippen molar-refractivity contribution in [3.63, 3.8) is 0 Å². The molecule has 5 nitrogen and oxygen atoms in total. The van der Waals surface area contributed by atoms with Gasteiger partial charge in [-0.3, -0.25) is 4.79 Å². The van der Waals surface area contributed by atoms with Gasteiger partial charge in [-0.1, -0.05) is 13.3 Å². The molecule has 1 saturated heterocycles. The Morgan fingerprint density at radius 1 is 1.35 bits per heavy atom. The molecule has 1 aromatic rings. The zero-order valence-corrected chi connectivity index (χ0v) is 15.4. The summed E-state index contributed by atoms with van der Waals surface area (Å²) in [7, 11) is 1.83. The molecule has 1 aromatic heterocycles. The number of alkyl halides is 3. The topological polar surface area (TPSA) is 41.4 Å². The van der Waals surface area contributed by atoms with Crippen LogP contribution in [0.3, 0.4) is 0 Å². The van der Waals surface area contributed by atoms with Gasteiger partial charge >= 0.3 is 6.18 Å². The summed E-state index contributed by atoms with van der Waals surface area (Å²) >= 11 is 0. The van der Waals surface area contributed by atoms with Gasteiger partial charge in [0.05, 0.1) is 12.7 Å². The summed E-state index contributed by atoms with van der Waals surface area (Å²) in [4.78, 5) is 20.7. The van der Waals surface area contributed by atoms with E-state index < -0.39 is 12.6 Å². The fourth-order valence-electron chi connectivity index (χ4n) is 4.04. The van der Waals surface area contributed by atoms with Crippen LogP contribution in [0.25, 0.3) is 0 Å². The molecule has 26 heavy (non-hydrogen) atoms. The van der Waals surface area contributed by atoms with Crippen molar-refractivity contribution in [1.82, 2.24) is 19.4 Å². The minimum absolute atomic E-state index is 0.0436. The number of fused-ring (bicyclic) bond motifs is 1. The first-order valence-electron chi connectivity index (χ1n) is 9.35. The van der Waals surface area contributed by atoms with Crippen LogP contribution in [0.15, 0.2) is 12.5 Å². The lowest BCUT2D eigenvalue weighted by Gasteiger charge is -2.25. The molecule has 1 saturated carbocycles. The number of nitrogens with zero attached hydrogens (tertiary/aromatic N) is 4. The highest BCUT2D eigenvalue weighted by molar-refractivity contribution is 5.92. The molecule has 0 N–H and O–H groups in total. The number of imidazole rings is 1. The maximum absolute atomic E-state index is 12.7. The predicted molar refractivity (Wildman–Crippen MR) is 91.6 cm³/mol. The second-order valence-corrected chi connectivity index (χ2v) is 7.65. The Morgan fingerprint density at radius 3 is 2.58 bits per heavy atom. The van der Waals surface area contributed by atoms with Gasteiger partial charge < -0.3 is 14.4 Å². The van der Waals surface area contributed by atoms with Gasteiger partial charge in [0.2, 0.25) is 0 Å². The van der Waals surface area contributed by atoms with Gasteiger partial charge in [-0.25, -0.2) is 4.98 Å². The number of rotatable bonds is 8. The van der Waals surface area contributed by atoms with Crippen LogP contribution in [0.2, 0.25) is 0 Å². The van der Waals surface area contributed by atoms with Gasteiger partial charge in [0, 0.05) is 46.0 Å². The Labute approximate surface area is 152 Å². The molecule has 2 unspecified atom stereocenters. The molecule has 2 aliphatic rings. The standard InChI is InChI=1S/C18H27F3N4O/c1-3-4-6-25(17(26)16-11-23(2)12-22-16)10-15-13-8-24(9-14(13)15)7-5-18(19,20)21/h11-15H,3-10H2,1-2H3. The van der Waals surface area contributed by atoms with E-state index in [2.05, 4.69) is 11.9 Å². The lowest BCUT2D eigenvalue weighted by Crippen LogP contribution is -2.36. The molecule has 2 heterocycles. The summed E-state index contributed by atoms with van der Waals surface area (Å²) in [5.74, 6) is 1.24. The number of hydrogen-bond donors (Lipinski definition) is 0. The molecule has 0 bridgehead atoms. The molecule has 0 spiro atoms. The Bertz CT molecular complexity index is 618. The third-order valence-corrected chi connectivity index (χ3v) is 5.58. The Morgan fingerprint density at radius 2 is 2.04 bits per heavy atom. The SMILES string of the molecule is CCCCN(CC1C2CN(CCC(F)(F)F)CC21)C(=O)c1cn(C)cn1. The third kappa shape index (κ3) is 4.58. The number of carbonyl (C=O) groups excluding carboxylic acids is 1. The van der Waals surface area contributed by atoms with Crippen LogP contribution in [0.4, 0.5) is 13.2 Å². The maximum Gasteiger partial charge on any atom is 0.390 e. The Balaban J connectivity index is 1.51. The summed E-state index contributed by atoms with van der Waals surface area (Å²) in [5, 5.41) is 0. The molecule has 1 aliphatic carbocycles. The highest BCUT2D eigenvalue weighted by atomic mass is 19.4. The minimum Gasteiger partial charge on any atom is -0.340 e. The van der Waals surface area contributed by atoms with Crippen LogP contribution in [-0.4, -0.2) is 64.2 Å². The smallest absolute Gasteiger partial charge is 0.340 e. The Kier molecular flexibility index (Phi) is 5.60. The second kappa shape index (κ2) is 7.58. The van der Waals surface area contributed by atoms with Gasteiger partial charge in [-0.15, -0.1) is 0 Å². The average Bonchev–Trinajstić information content (AvgIpc) is 2.95. The number of carbonyl (C=O) groups is 1. The molecular weight excluding hydrogens is 345 g/mol. The van der Waals surface area contributed by atoms with Crippen molar-refractivity contribution < 1.29 is 18.0 Å². The summed E-state index contributed by atoms with van der Waals surface area (Å²) in [6.07, 6.45) is 0.479. The minimum atomic E-state index is -4.09. The summed E-state index contributed by atoms with van der Waals surface area (Å²) in [5.41, 5.74) is 0.459. The number of unbranched alkanes of at least 4 members (excludes halogenated alkanes) is 1. The third-order valence-electron chi connectivity index (χ3n) is 5.58. The van der Waals surface area contributed by atoms with Crippen LogP contribution in [0.1, 0.15) is 36.7 Å². The van der Waals surface area contributed by atoms with Gasteiger partial charge in [0.1, 0.15) is 5.69 Å². The van der Waals surface area contributed by atoms with Crippen LogP contribution in [-0.2, 0) is 7.05 Å². The number of aryl methyl sites for hydroxylation is 1. The Hall–Kier alpha value is -1.57. The van der Waals surface area contributed by atoms with Crippen LogP contribution in [0, 0.1) is 17.8 Å². The van der Waals surface area contributed by atoms with Gasteiger partial charge in [0.25, 0.3) is 5.91 Å². The molecule has 3 rings (SSSR count). The van der Waals surface area contributed by atoms with Crippen LogP contribution in [0.5, 0.6) is 0 Å². The second-order valence-electron chi connectivity index (χ2n) is 7.65. The highest BCUT2D eigenvalue weighted by Gasteiger charge is 2.56. The number of amides is 1. The van der Waals surface area contributed by atoms with Crippen molar-refractivity contribution in [2.45, 2.75) is 32.4 Å². The molecule has 146 valence electrons. The van der Waals surface area contributed by atoms with E-state index in [-0.39, 0.29) is 12.5 Å². The van der Waals surface area contributed by atoms with Crippen molar-refractivity contribution in [2.24, 2.45) is 24.8 Å². The molecule has 0 aromatic carbocycles. The predicted octanol–water partition coefficient (Wildman–Crippen LogP) is 2.79. The first kappa shape index (κ1) is 19.2. The molecule has 1 amide bonds. The van der Waals surface area contributed by atoms with E-state index in [0.29, 0.717) is 36.5 Å². The largest absolute Gasteiger partial charge is 0.390 e. The molecule has 8 heteroatoms. The van der Waals surface area contributed by atoms with Gasteiger partial charge in [-0.05, 0) is 24.2 Å².